The maximum absolute atomic E-state index is 12.8. The van der Waals surface area contributed by atoms with E-state index in [-0.39, 0.29) is 22.3 Å². The van der Waals surface area contributed by atoms with Crippen LogP contribution in [0.25, 0.3) is 22.3 Å². The van der Waals surface area contributed by atoms with Gasteiger partial charge in [0.25, 0.3) is 11.8 Å². The molecule has 14 nitrogen and oxygen atoms in total. The molecule has 0 saturated carbocycles. The van der Waals surface area contributed by atoms with E-state index in [1.165, 1.54) is 59.1 Å². The molecule has 304 valence electrons. The summed E-state index contributed by atoms with van der Waals surface area (Å²) in [6.45, 7) is 2.86. The van der Waals surface area contributed by atoms with Crippen LogP contribution in [0.2, 0.25) is 0 Å². The lowest BCUT2D eigenvalue weighted by atomic mass is 10.0. The molecule has 0 saturated heterocycles. The first-order chi connectivity index (χ1) is 28.8. The number of nitriles is 2. The third kappa shape index (κ3) is 9.50. The van der Waals surface area contributed by atoms with E-state index in [0.717, 1.165) is 20.9 Å². The van der Waals surface area contributed by atoms with Crippen LogP contribution in [0.1, 0.15) is 73.4 Å². The molecule has 2 heterocycles. The van der Waals surface area contributed by atoms with Crippen LogP contribution in [0, 0.1) is 36.5 Å². The van der Waals surface area contributed by atoms with Crippen LogP contribution in [-0.4, -0.2) is 58.4 Å². The highest BCUT2D eigenvalue weighted by molar-refractivity contribution is 7.17. The second-order valence-electron chi connectivity index (χ2n) is 12.7. The van der Waals surface area contributed by atoms with Gasteiger partial charge in [-0.25, -0.2) is 9.59 Å². The van der Waals surface area contributed by atoms with Crippen LogP contribution in [0.4, 0.5) is 10.0 Å². The second kappa shape index (κ2) is 19.4. The van der Waals surface area contributed by atoms with Gasteiger partial charge in [-0.3, -0.25) is 9.59 Å². The van der Waals surface area contributed by atoms with Crippen molar-refractivity contribution in [1.82, 2.24) is 0 Å². The Morgan fingerprint density at radius 1 is 0.600 bits per heavy atom. The van der Waals surface area contributed by atoms with Gasteiger partial charge in [0.05, 0.1) is 49.7 Å². The van der Waals surface area contributed by atoms with Gasteiger partial charge in [-0.05, 0) is 84.6 Å². The van der Waals surface area contributed by atoms with Gasteiger partial charge in [0.15, 0.2) is 0 Å². The highest BCUT2D eigenvalue weighted by Gasteiger charge is 2.23. The fraction of sp³-hybridized carbons (Fsp3) is 0.136. The van der Waals surface area contributed by atoms with Gasteiger partial charge in [0.2, 0.25) is 0 Å². The van der Waals surface area contributed by atoms with Crippen LogP contribution in [0.15, 0.2) is 84.9 Å². The molecule has 16 heteroatoms. The molecule has 0 atom stereocenters. The van der Waals surface area contributed by atoms with Gasteiger partial charge in [-0.15, -0.1) is 22.7 Å². The lowest BCUT2D eigenvalue weighted by Crippen LogP contribution is -2.15. The van der Waals surface area contributed by atoms with Crippen LogP contribution < -0.4 is 20.1 Å². The first kappa shape index (κ1) is 43.8. The van der Waals surface area contributed by atoms with Gasteiger partial charge in [-0.2, -0.15) is 10.5 Å². The third-order valence-corrected chi connectivity index (χ3v) is 11.2. The predicted octanol–water partition coefficient (Wildman–Crippen LogP) is 8.09. The minimum atomic E-state index is -1.18. The molecule has 2 amide bonds. The Balaban J connectivity index is 0.000000228. The molecule has 0 radical (unpaired) electrons. The Morgan fingerprint density at radius 3 is 1.23 bits per heavy atom. The van der Waals surface area contributed by atoms with Crippen LogP contribution in [0.3, 0.4) is 0 Å². The second-order valence-corrected chi connectivity index (χ2v) is 15.2. The number of thiophene rings is 2. The molecular weight excluding hydrogens is 809 g/mol. The standard InChI is InChI=1S/2C22H18N2O5S/c2*1-12-19(13-5-7-16(29-2)8-6-13)18(10-23)21(30-12)24-20(26)17-9-14(22(27)28)3-4-15(17)11-25/h2*3-9,25H,11H2,1-2H3,(H,24,26)(H,27,28). The number of aliphatic hydroxyl groups excluding tert-OH is 2. The molecule has 0 aliphatic rings. The molecule has 0 fully saturated rings. The topological polar surface area (TPSA) is 239 Å². The van der Waals surface area contributed by atoms with E-state index in [1.54, 1.807) is 38.5 Å². The SMILES string of the molecule is COc1ccc(-c2c(C)sc(NC(=O)c3cc(C(=O)O)ccc3CO)c2C#N)cc1.COc1ccc(-c2c(C)sc(NC(=O)c3cc(C(=O)O)ccc3CO)c2C#N)cc1. The Kier molecular flexibility index (Phi) is 14.2. The van der Waals surface area contributed by atoms with E-state index < -0.39 is 37.0 Å². The summed E-state index contributed by atoms with van der Waals surface area (Å²) < 4.78 is 10.3. The zero-order chi connectivity index (χ0) is 43.7. The number of benzene rings is 4. The number of nitrogens with zero attached hydrogens (tertiary/aromatic N) is 2. The van der Waals surface area contributed by atoms with E-state index >= 15 is 0 Å². The largest absolute Gasteiger partial charge is 0.497 e. The number of hydrogen-bond acceptors (Lipinski definition) is 12. The molecule has 6 aromatic rings. The smallest absolute Gasteiger partial charge is 0.335 e. The number of aromatic carboxylic acids is 2. The Labute approximate surface area is 351 Å². The molecule has 0 spiro atoms. The number of carboxylic acid groups (broad SMARTS) is 2. The Morgan fingerprint density at radius 2 is 0.950 bits per heavy atom. The van der Waals surface area contributed by atoms with Gasteiger partial charge >= 0.3 is 11.9 Å². The van der Waals surface area contributed by atoms with Crippen molar-refractivity contribution in [3.8, 4) is 45.9 Å². The van der Waals surface area contributed by atoms with Crippen molar-refractivity contribution in [3.63, 3.8) is 0 Å². The van der Waals surface area contributed by atoms with Crippen molar-refractivity contribution in [2.24, 2.45) is 0 Å². The van der Waals surface area contributed by atoms with Gasteiger partial charge in [0, 0.05) is 32.0 Å². The zero-order valence-electron chi connectivity index (χ0n) is 32.4. The summed E-state index contributed by atoms with van der Waals surface area (Å²) in [5.41, 5.74) is 4.20. The summed E-state index contributed by atoms with van der Waals surface area (Å²) in [5, 5.41) is 63.0. The maximum atomic E-state index is 12.8. The number of carbonyl (C=O) groups is 4. The average molecular weight is 845 g/mol. The normalized spacial score (nSPS) is 10.3. The molecule has 0 aliphatic heterocycles. The van der Waals surface area contributed by atoms with E-state index in [4.69, 9.17) is 9.47 Å². The number of ether oxygens (including phenoxy) is 2. The van der Waals surface area contributed by atoms with E-state index in [9.17, 15) is 50.1 Å². The van der Waals surface area contributed by atoms with Crippen molar-refractivity contribution < 1.29 is 49.1 Å². The van der Waals surface area contributed by atoms with E-state index in [0.29, 0.717) is 54.9 Å². The molecule has 0 aliphatic carbocycles. The van der Waals surface area contributed by atoms with Crippen LogP contribution in [0.5, 0.6) is 11.5 Å². The maximum Gasteiger partial charge on any atom is 0.335 e. The number of anilines is 2. The monoisotopic (exact) mass is 844 g/mol. The summed E-state index contributed by atoms with van der Waals surface area (Å²) >= 11 is 2.51. The van der Waals surface area contributed by atoms with Crippen molar-refractivity contribution in [2.75, 3.05) is 24.9 Å². The van der Waals surface area contributed by atoms with Gasteiger partial charge in [-0.1, -0.05) is 36.4 Å². The minimum Gasteiger partial charge on any atom is -0.497 e. The van der Waals surface area contributed by atoms with Crippen LogP contribution in [-0.2, 0) is 13.2 Å². The number of hydrogen-bond donors (Lipinski definition) is 6. The first-order valence-corrected chi connectivity index (χ1v) is 19.3. The van der Waals surface area contributed by atoms with Crippen molar-refractivity contribution in [1.29, 1.82) is 10.5 Å². The highest BCUT2D eigenvalue weighted by atomic mass is 32.1. The highest BCUT2D eigenvalue weighted by Crippen LogP contribution is 2.41. The summed E-state index contributed by atoms with van der Waals surface area (Å²) in [7, 11) is 3.14. The van der Waals surface area contributed by atoms with Crippen LogP contribution >= 0.6 is 22.7 Å². The molecule has 0 bridgehead atoms. The number of carbonyl (C=O) groups excluding carboxylic acids is 2. The predicted molar refractivity (Wildman–Crippen MR) is 226 cm³/mol. The van der Waals surface area contributed by atoms with E-state index in [2.05, 4.69) is 22.8 Å². The number of nitrogens with one attached hydrogen (secondary N) is 2. The summed E-state index contributed by atoms with van der Waals surface area (Å²) in [4.78, 5) is 49.8. The fourth-order valence-electron chi connectivity index (χ4n) is 6.15. The summed E-state index contributed by atoms with van der Waals surface area (Å²) in [6.07, 6.45) is 0. The van der Waals surface area contributed by atoms with Gasteiger partial charge < -0.3 is 40.5 Å². The molecule has 0 unspecified atom stereocenters. The third-order valence-electron chi connectivity index (χ3n) is 9.15. The zero-order valence-corrected chi connectivity index (χ0v) is 34.1. The Bertz CT molecular complexity index is 2500. The molecule has 4 aromatic carbocycles. The summed E-state index contributed by atoms with van der Waals surface area (Å²) in [5.74, 6) is -2.18. The number of rotatable bonds is 12. The number of aliphatic hydroxyl groups is 2. The molecule has 6 N–H and O–H groups in total. The van der Waals surface area contributed by atoms with Crippen molar-refractivity contribution >= 4 is 56.4 Å². The molecule has 2 aromatic heterocycles. The number of methoxy groups -OCH3 is 2. The van der Waals surface area contributed by atoms with Gasteiger partial charge in [0.1, 0.15) is 33.6 Å². The number of carboxylic acids is 2. The number of amides is 2. The minimum absolute atomic E-state index is 0.0401. The quantitative estimate of drug-likeness (QED) is 0.0685. The van der Waals surface area contributed by atoms with Crippen molar-refractivity contribution in [3.05, 3.63) is 139 Å². The number of aryl methyl sites for hydroxylation is 2. The average Bonchev–Trinajstić information content (AvgIpc) is 3.75. The molecular formula is C44H36N4O10S2. The first-order valence-electron chi connectivity index (χ1n) is 17.7. The lowest BCUT2D eigenvalue weighted by Gasteiger charge is -2.09. The summed E-state index contributed by atoms with van der Waals surface area (Å²) in [6, 6.07) is 26.6. The lowest BCUT2D eigenvalue weighted by molar-refractivity contribution is 0.0685. The molecule has 60 heavy (non-hydrogen) atoms. The fourth-order valence-corrected chi connectivity index (χ4v) is 8.19. The molecule has 6 rings (SSSR count). The van der Waals surface area contributed by atoms with Crippen molar-refractivity contribution in [2.45, 2.75) is 27.1 Å². The Hall–Kier alpha value is -7.34. The van der Waals surface area contributed by atoms with E-state index in [1.807, 2.05) is 38.1 Å².